The van der Waals surface area contributed by atoms with Gasteiger partial charge in [0.15, 0.2) is 0 Å². The van der Waals surface area contributed by atoms with Crippen LogP contribution in [0.15, 0.2) is 30.5 Å². The third-order valence-electron chi connectivity index (χ3n) is 2.88. The zero-order chi connectivity index (χ0) is 13.0. The van der Waals surface area contributed by atoms with Gasteiger partial charge in [0.2, 0.25) is 5.91 Å². The molecule has 0 aliphatic carbocycles. The minimum Gasteiger partial charge on any atom is -0.324 e. The maximum Gasteiger partial charge on any atom is 0.224 e. The summed E-state index contributed by atoms with van der Waals surface area (Å²) in [7, 11) is 0. The summed E-state index contributed by atoms with van der Waals surface area (Å²) in [4.78, 5) is 16.1. The number of unbranched alkanes of at least 4 members (excludes halogenated alkanes) is 1. The molecule has 18 heavy (non-hydrogen) atoms. The summed E-state index contributed by atoms with van der Waals surface area (Å²) in [6.07, 6.45) is 4.27. The van der Waals surface area contributed by atoms with E-state index in [9.17, 15) is 4.79 Å². The summed E-state index contributed by atoms with van der Waals surface area (Å²) in [5, 5.41) is 4.02. The number of anilines is 1. The molecule has 0 fully saturated rings. The first-order valence-electron chi connectivity index (χ1n) is 6.36. The molecule has 3 heteroatoms. The number of carbonyl (C=O) groups excluding carboxylic acids is 1. The highest BCUT2D eigenvalue weighted by atomic mass is 16.1. The molecule has 1 N–H and O–H groups in total. The van der Waals surface area contributed by atoms with Crippen LogP contribution in [0.5, 0.6) is 0 Å². The Bertz CT molecular complexity index is 563. The van der Waals surface area contributed by atoms with E-state index in [1.165, 1.54) is 0 Å². The van der Waals surface area contributed by atoms with Crippen molar-refractivity contribution in [2.24, 2.45) is 0 Å². The van der Waals surface area contributed by atoms with Gasteiger partial charge in [0.1, 0.15) is 0 Å². The zero-order valence-corrected chi connectivity index (χ0v) is 10.9. The van der Waals surface area contributed by atoms with E-state index in [0.29, 0.717) is 6.42 Å². The van der Waals surface area contributed by atoms with E-state index in [4.69, 9.17) is 0 Å². The zero-order valence-electron chi connectivity index (χ0n) is 10.9. The van der Waals surface area contributed by atoms with Crippen LogP contribution < -0.4 is 5.32 Å². The van der Waals surface area contributed by atoms with Crippen LogP contribution in [-0.2, 0) is 4.79 Å². The Balaban J connectivity index is 2.29. The number of nitrogens with zero attached hydrogens (tertiary/aromatic N) is 1. The molecule has 1 aromatic heterocycles. The van der Waals surface area contributed by atoms with Crippen molar-refractivity contribution in [1.82, 2.24) is 4.98 Å². The lowest BCUT2D eigenvalue weighted by Gasteiger charge is -2.09. The highest BCUT2D eigenvalue weighted by Gasteiger charge is 2.07. The molecule has 2 rings (SSSR count). The summed E-state index contributed by atoms with van der Waals surface area (Å²) in [5.74, 6) is 0.0643. The van der Waals surface area contributed by atoms with Crippen molar-refractivity contribution < 1.29 is 4.79 Å². The molecule has 0 saturated heterocycles. The minimum atomic E-state index is 0.0643. The number of aryl methyl sites for hydroxylation is 1. The van der Waals surface area contributed by atoms with E-state index in [1.807, 2.05) is 25.1 Å². The highest BCUT2D eigenvalue weighted by Crippen LogP contribution is 2.23. The molecule has 94 valence electrons. The van der Waals surface area contributed by atoms with Crippen LogP contribution in [0.4, 0.5) is 5.69 Å². The predicted molar refractivity (Wildman–Crippen MR) is 74.6 cm³/mol. The van der Waals surface area contributed by atoms with E-state index in [0.717, 1.165) is 35.0 Å². The molecular formula is C15H18N2O. The molecule has 0 bridgehead atoms. The predicted octanol–water partition coefficient (Wildman–Crippen LogP) is 3.67. The Labute approximate surface area is 107 Å². The van der Waals surface area contributed by atoms with Crippen molar-refractivity contribution in [3.63, 3.8) is 0 Å². The summed E-state index contributed by atoms with van der Waals surface area (Å²) < 4.78 is 0. The third kappa shape index (κ3) is 2.86. The second kappa shape index (κ2) is 5.63. The molecule has 0 radical (unpaired) electrons. The van der Waals surface area contributed by atoms with E-state index in [-0.39, 0.29) is 5.91 Å². The number of aromatic nitrogens is 1. The number of rotatable bonds is 4. The topological polar surface area (TPSA) is 42.0 Å². The van der Waals surface area contributed by atoms with Gasteiger partial charge in [-0.15, -0.1) is 0 Å². The quantitative estimate of drug-likeness (QED) is 0.888. The number of hydrogen-bond acceptors (Lipinski definition) is 2. The number of fused-ring (bicyclic) bond motifs is 1. The minimum absolute atomic E-state index is 0.0643. The second-order valence-electron chi connectivity index (χ2n) is 4.54. The second-order valence-corrected chi connectivity index (χ2v) is 4.54. The Hall–Kier alpha value is -1.90. The number of carbonyl (C=O) groups is 1. The average Bonchev–Trinajstić information content (AvgIpc) is 2.36. The van der Waals surface area contributed by atoms with Gasteiger partial charge >= 0.3 is 0 Å². The summed E-state index contributed by atoms with van der Waals surface area (Å²) in [6, 6.07) is 7.96. The fourth-order valence-electron chi connectivity index (χ4n) is 1.99. The molecule has 1 aromatic carbocycles. The van der Waals surface area contributed by atoms with Crippen LogP contribution >= 0.6 is 0 Å². The first kappa shape index (κ1) is 12.6. The summed E-state index contributed by atoms with van der Waals surface area (Å²) >= 11 is 0. The van der Waals surface area contributed by atoms with Crippen molar-refractivity contribution in [2.45, 2.75) is 33.1 Å². The van der Waals surface area contributed by atoms with Gasteiger partial charge < -0.3 is 5.32 Å². The van der Waals surface area contributed by atoms with Crippen molar-refractivity contribution >= 4 is 22.5 Å². The lowest BCUT2D eigenvalue weighted by molar-refractivity contribution is -0.116. The van der Waals surface area contributed by atoms with E-state index < -0.39 is 0 Å². The fourth-order valence-corrected chi connectivity index (χ4v) is 1.99. The first-order chi connectivity index (χ1) is 8.70. The summed E-state index contributed by atoms with van der Waals surface area (Å²) in [5.41, 5.74) is 2.79. The van der Waals surface area contributed by atoms with Gasteiger partial charge in [0.25, 0.3) is 0 Å². The van der Waals surface area contributed by atoms with Crippen LogP contribution in [0.1, 0.15) is 31.7 Å². The monoisotopic (exact) mass is 242 g/mol. The van der Waals surface area contributed by atoms with Crippen molar-refractivity contribution in [3.8, 4) is 0 Å². The van der Waals surface area contributed by atoms with Crippen molar-refractivity contribution in [2.75, 3.05) is 5.32 Å². The van der Waals surface area contributed by atoms with Crippen molar-refractivity contribution in [1.29, 1.82) is 0 Å². The molecule has 0 spiro atoms. The summed E-state index contributed by atoms with van der Waals surface area (Å²) in [6.45, 7) is 4.10. The Morgan fingerprint density at radius 1 is 1.39 bits per heavy atom. The maximum absolute atomic E-state index is 11.8. The fraction of sp³-hybridized carbons (Fsp3) is 0.333. The van der Waals surface area contributed by atoms with Gasteiger partial charge in [0.05, 0.1) is 11.2 Å². The SMILES string of the molecule is CCCCC(=O)Nc1cc(C)cc2cccnc12. The molecule has 1 heterocycles. The molecule has 2 aromatic rings. The van der Waals surface area contributed by atoms with Crippen molar-refractivity contribution in [3.05, 3.63) is 36.0 Å². The smallest absolute Gasteiger partial charge is 0.224 e. The van der Waals surface area contributed by atoms with Gasteiger partial charge in [-0.25, -0.2) is 0 Å². The molecule has 0 atom stereocenters. The van der Waals surface area contributed by atoms with Gasteiger partial charge in [-0.3, -0.25) is 9.78 Å². The highest BCUT2D eigenvalue weighted by molar-refractivity contribution is 6.00. The molecule has 0 unspecified atom stereocenters. The first-order valence-corrected chi connectivity index (χ1v) is 6.36. The van der Waals surface area contributed by atoms with Crippen LogP contribution in [0.2, 0.25) is 0 Å². The van der Waals surface area contributed by atoms with E-state index >= 15 is 0 Å². The number of benzene rings is 1. The largest absolute Gasteiger partial charge is 0.324 e. The van der Waals surface area contributed by atoms with Gasteiger partial charge in [0, 0.05) is 18.0 Å². The van der Waals surface area contributed by atoms with Crippen LogP contribution in [-0.4, -0.2) is 10.9 Å². The molecule has 0 aliphatic heterocycles. The lowest BCUT2D eigenvalue weighted by Crippen LogP contribution is -2.11. The third-order valence-corrected chi connectivity index (χ3v) is 2.88. The number of amides is 1. The Morgan fingerprint density at radius 3 is 3.00 bits per heavy atom. The molecule has 0 saturated carbocycles. The maximum atomic E-state index is 11.8. The number of hydrogen-bond donors (Lipinski definition) is 1. The van der Waals surface area contributed by atoms with E-state index in [1.54, 1.807) is 6.20 Å². The van der Waals surface area contributed by atoms with E-state index in [2.05, 4.69) is 23.3 Å². The Morgan fingerprint density at radius 2 is 2.22 bits per heavy atom. The number of nitrogens with one attached hydrogen (secondary N) is 1. The molecule has 1 amide bonds. The standard InChI is InChI=1S/C15H18N2O/c1-3-4-7-14(18)17-13-10-11(2)9-12-6-5-8-16-15(12)13/h5-6,8-10H,3-4,7H2,1-2H3,(H,17,18). The van der Waals surface area contributed by atoms with Crippen LogP contribution in [0.25, 0.3) is 10.9 Å². The average molecular weight is 242 g/mol. The molecular weight excluding hydrogens is 224 g/mol. The molecule has 3 nitrogen and oxygen atoms in total. The lowest BCUT2D eigenvalue weighted by atomic mass is 10.1. The normalized spacial score (nSPS) is 10.6. The van der Waals surface area contributed by atoms with Crippen LogP contribution in [0, 0.1) is 6.92 Å². The van der Waals surface area contributed by atoms with Crippen LogP contribution in [0.3, 0.4) is 0 Å². The number of pyridine rings is 1. The van der Waals surface area contributed by atoms with Gasteiger partial charge in [-0.2, -0.15) is 0 Å². The van der Waals surface area contributed by atoms with Gasteiger partial charge in [-0.05, 0) is 37.1 Å². The Kier molecular flexibility index (Phi) is 3.92. The molecule has 0 aliphatic rings. The van der Waals surface area contributed by atoms with Gasteiger partial charge in [-0.1, -0.05) is 19.4 Å².